The Morgan fingerprint density at radius 2 is 2.12 bits per heavy atom. The molecule has 0 spiro atoms. The maximum absolute atomic E-state index is 12.8. The van der Waals surface area contributed by atoms with E-state index in [2.05, 4.69) is 0 Å². The second-order valence-corrected chi connectivity index (χ2v) is 6.72. The van der Waals surface area contributed by atoms with Crippen LogP contribution in [-0.4, -0.2) is 68.1 Å². The van der Waals surface area contributed by atoms with E-state index in [1.807, 2.05) is 28.0 Å². The van der Waals surface area contributed by atoms with Crippen LogP contribution in [-0.2, 0) is 9.53 Å². The molecule has 2 aliphatic rings. The van der Waals surface area contributed by atoms with E-state index in [1.54, 1.807) is 20.3 Å². The number of likely N-dealkylation sites (tertiary alicyclic amines) is 2. The maximum Gasteiger partial charge on any atom is 0.253 e. The molecule has 136 valence electrons. The van der Waals surface area contributed by atoms with Gasteiger partial charge < -0.3 is 19.3 Å². The van der Waals surface area contributed by atoms with Gasteiger partial charge in [-0.3, -0.25) is 9.59 Å². The van der Waals surface area contributed by atoms with Crippen LogP contribution in [0.5, 0.6) is 5.75 Å². The summed E-state index contributed by atoms with van der Waals surface area (Å²) in [5, 5.41) is 0. The van der Waals surface area contributed by atoms with Gasteiger partial charge in [0, 0.05) is 44.8 Å². The Kier molecular flexibility index (Phi) is 5.58. The highest BCUT2D eigenvalue weighted by Crippen LogP contribution is 2.32. The molecule has 0 N–H and O–H groups in total. The standard InChI is InChI=1S/C19H26N2O4/c1-24-11-10-21-17-8-9-20(13-15(17)6-7-18(21)22)19(23)14-4-3-5-16(12-14)25-2/h3-5,12,15,17H,6-11,13H2,1-2H3/t15-,17+/m1/s1. The Morgan fingerprint density at radius 3 is 2.88 bits per heavy atom. The van der Waals surface area contributed by atoms with Gasteiger partial charge in [0.2, 0.25) is 5.91 Å². The molecule has 1 aromatic carbocycles. The molecule has 3 rings (SSSR count). The van der Waals surface area contributed by atoms with E-state index in [-0.39, 0.29) is 17.9 Å². The van der Waals surface area contributed by atoms with Crippen molar-refractivity contribution in [2.45, 2.75) is 25.3 Å². The molecular weight excluding hydrogens is 320 g/mol. The molecule has 0 bridgehead atoms. The van der Waals surface area contributed by atoms with E-state index in [0.717, 1.165) is 12.8 Å². The molecule has 0 aromatic heterocycles. The number of ether oxygens (including phenoxy) is 2. The second-order valence-electron chi connectivity index (χ2n) is 6.72. The fourth-order valence-corrected chi connectivity index (χ4v) is 3.95. The smallest absolute Gasteiger partial charge is 0.253 e. The van der Waals surface area contributed by atoms with Gasteiger partial charge in [0.25, 0.3) is 5.91 Å². The van der Waals surface area contributed by atoms with Gasteiger partial charge in [0.1, 0.15) is 5.75 Å². The lowest BCUT2D eigenvalue weighted by molar-refractivity contribution is -0.141. The monoisotopic (exact) mass is 346 g/mol. The van der Waals surface area contributed by atoms with Gasteiger partial charge >= 0.3 is 0 Å². The molecule has 2 atom stereocenters. The third-order valence-electron chi connectivity index (χ3n) is 5.28. The molecule has 6 nitrogen and oxygen atoms in total. The molecule has 0 unspecified atom stereocenters. The molecular formula is C19H26N2O4. The average molecular weight is 346 g/mol. The first-order chi connectivity index (χ1) is 12.1. The van der Waals surface area contributed by atoms with E-state index in [4.69, 9.17) is 9.47 Å². The predicted octanol–water partition coefficient (Wildman–Crippen LogP) is 1.79. The first-order valence-corrected chi connectivity index (χ1v) is 8.85. The predicted molar refractivity (Wildman–Crippen MR) is 93.6 cm³/mol. The third kappa shape index (κ3) is 3.79. The number of benzene rings is 1. The van der Waals surface area contributed by atoms with E-state index >= 15 is 0 Å². The van der Waals surface area contributed by atoms with Crippen molar-refractivity contribution >= 4 is 11.8 Å². The van der Waals surface area contributed by atoms with E-state index in [1.165, 1.54) is 0 Å². The molecule has 2 heterocycles. The molecule has 2 amide bonds. The molecule has 2 fully saturated rings. The maximum atomic E-state index is 12.8. The summed E-state index contributed by atoms with van der Waals surface area (Å²) in [7, 11) is 3.25. The number of methoxy groups -OCH3 is 2. The fourth-order valence-electron chi connectivity index (χ4n) is 3.95. The van der Waals surface area contributed by atoms with Gasteiger partial charge in [-0.1, -0.05) is 6.07 Å². The number of piperidine rings is 2. The van der Waals surface area contributed by atoms with Crippen LogP contribution in [0.1, 0.15) is 29.6 Å². The Bertz CT molecular complexity index is 634. The summed E-state index contributed by atoms with van der Waals surface area (Å²) < 4.78 is 10.4. The van der Waals surface area contributed by atoms with E-state index in [0.29, 0.717) is 49.9 Å². The van der Waals surface area contributed by atoms with Crippen LogP contribution >= 0.6 is 0 Å². The van der Waals surface area contributed by atoms with Crippen molar-refractivity contribution in [1.29, 1.82) is 0 Å². The number of carbonyl (C=O) groups is 2. The summed E-state index contributed by atoms with van der Waals surface area (Å²) in [4.78, 5) is 28.9. The number of amides is 2. The van der Waals surface area contributed by atoms with Crippen molar-refractivity contribution < 1.29 is 19.1 Å². The zero-order valence-electron chi connectivity index (χ0n) is 14.9. The summed E-state index contributed by atoms with van der Waals surface area (Å²) in [6.07, 6.45) is 2.25. The normalized spacial score (nSPS) is 23.4. The lowest BCUT2D eigenvalue weighted by Crippen LogP contribution is -2.57. The van der Waals surface area contributed by atoms with Crippen LogP contribution in [0.4, 0.5) is 0 Å². The van der Waals surface area contributed by atoms with Crippen LogP contribution in [0.3, 0.4) is 0 Å². The van der Waals surface area contributed by atoms with Crippen molar-refractivity contribution in [3.63, 3.8) is 0 Å². The number of carbonyl (C=O) groups excluding carboxylic acids is 2. The molecule has 0 saturated carbocycles. The molecule has 6 heteroatoms. The minimum atomic E-state index is 0.0395. The van der Waals surface area contributed by atoms with Crippen LogP contribution in [0.15, 0.2) is 24.3 Å². The summed E-state index contributed by atoms with van der Waals surface area (Å²) >= 11 is 0. The zero-order valence-corrected chi connectivity index (χ0v) is 14.9. The highest BCUT2D eigenvalue weighted by molar-refractivity contribution is 5.94. The first kappa shape index (κ1) is 17.7. The van der Waals surface area contributed by atoms with E-state index < -0.39 is 0 Å². The van der Waals surface area contributed by atoms with Crippen LogP contribution in [0.25, 0.3) is 0 Å². The molecule has 0 aliphatic carbocycles. The number of fused-ring (bicyclic) bond motifs is 1. The van der Waals surface area contributed by atoms with Gasteiger partial charge in [-0.2, -0.15) is 0 Å². The molecule has 1 aromatic rings. The Hall–Kier alpha value is -2.08. The fraction of sp³-hybridized carbons (Fsp3) is 0.579. The lowest BCUT2D eigenvalue weighted by Gasteiger charge is -2.47. The molecule has 0 radical (unpaired) electrons. The first-order valence-electron chi connectivity index (χ1n) is 8.85. The lowest BCUT2D eigenvalue weighted by atomic mass is 9.83. The number of hydrogen-bond donors (Lipinski definition) is 0. The number of rotatable bonds is 5. The van der Waals surface area contributed by atoms with Gasteiger partial charge in [-0.05, 0) is 37.0 Å². The molecule has 2 saturated heterocycles. The minimum absolute atomic E-state index is 0.0395. The summed E-state index contributed by atoms with van der Waals surface area (Å²) in [6.45, 7) is 2.58. The van der Waals surface area contributed by atoms with Crippen LogP contribution in [0, 0.1) is 5.92 Å². The topological polar surface area (TPSA) is 59.1 Å². The Labute approximate surface area is 148 Å². The van der Waals surface area contributed by atoms with Crippen molar-refractivity contribution in [3.8, 4) is 5.75 Å². The number of hydrogen-bond acceptors (Lipinski definition) is 4. The highest BCUT2D eigenvalue weighted by Gasteiger charge is 2.40. The third-order valence-corrected chi connectivity index (χ3v) is 5.28. The van der Waals surface area contributed by atoms with Crippen molar-refractivity contribution in [2.24, 2.45) is 5.92 Å². The molecule has 25 heavy (non-hydrogen) atoms. The summed E-state index contributed by atoms with van der Waals surface area (Å²) in [6, 6.07) is 7.51. The van der Waals surface area contributed by atoms with Gasteiger partial charge in [0.15, 0.2) is 0 Å². The van der Waals surface area contributed by atoms with Gasteiger partial charge in [-0.15, -0.1) is 0 Å². The van der Waals surface area contributed by atoms with Crippen molar-refractivity contribution in [3.05, 3.63) is 29.8 Å². The second kappa shape index (κ2) is 7.87. The SMILES string of the molecule is COCCN1C(=O)CC[C@@H]2CN(C(=O)c3cccc(OC)c3)CC[C@@H]21. The zero-order chi connectivity index (χ0) is 17.8. The number of nitrogens with zero attached hydrogens (tertiary/aromatic N) is 2. The highest BCUT2D eigenvalue weighted by atomic mass is 16.5. The Balaban J connectivity index is 1.68. The van der Waals surface area contributed by atoms with Gasteiger partial charge in [0.05, 0.1) is 13.7 Å². The van der Waals surface area contributed by atoms with Crippen molar-refractivity contribution in [1.82, 2.24) is 9.80 Å². The average Bonchev–Trinajstić information content (AvgIpc) is 2.66. The summed E-state index contributed by atoms with van der Waals surface area (Å²) in [5.41, 5.74) is 0.654. The van der Waals surface area contributed by atoms with Crippen LogP contribution in [0.2, 0.25) is 0 Å². The van der Waals surface area contributed by atoms with Gasteiger partial charge in [-0.25, -0.2) is 0 Å². The quantitative estimate of drug-likeness (QED) is 0.816. The Morgan fingerprint density at radius 1 is 1.28 bits per heavy atom. The van der Waals surface area contributed by atoms with E-state index in [9.17, 15) is 9.59 Å². The summed E-state index contributed by atoms with van der Waals surface area (Å²) in [5.74, 6) is 1.29. The minimum Gasteiger partial charge on any atom is -0.497 e. The largest absolute Gasteiger partial charge is 0.497 e. The van der Waals surface area contributed by atoms with Crippen LogP contribution < -0.4 is 4.74 Å². The van der Waals surface area contributed by atoms with Crippen molar-refractivity contribution in [2.75, 3.05) is 40.5 Å². The molecule has 2 aliphatic heterocycles.